The van der Waals surface area contributed by atoms with Crippen LogP contribution in [0.5, 0.6) is 5.75 Å². The SMILES string of the molecule is COc1ccc(CN(CC2CCCO2)C(=O)NCCc2cccc(C)n2)cc1. The molecule has 1 saturated heterocycles. The minimum absolute atomic E-state index is 0.0704. The summed E-state index contributed by atoms with van der Waals surface area (Å²) in [5.41, 5.74) is 3.04. The molecule has 0 saturated carbocycles. The smallest absolute Gasteiger partial charge is 0.317 e. The molecule has 0 spiro atoms. The number of nitrogens with one attached hydrogen (secondary N) is 1. The van der Waals surface area contributed by atoms with Gasteiger partial charge in [-0.1, -0.05) is 18.2 Å². The van der Waals surface area contributed by atoms with Crippen molar-refractivity contribution in [2.75, 3.05) is 26.8 Å². The van der Waals surface area contributed by atoms with Crippen LogP contribution in [0.4, 0.5) is 4.79 Å². The van der Waals surface area contributed by atoms with Crippen molar-refractivity contribution in [3.05, 3.63) is 59.4 Å². The predicted molar refractivity (Wildman–Crippen MR) is 108 cm³/mol. The number of rotatable bonds is 8. The van der Waals surface area contributed by atoms with Gasteiger partial charge in [-0.25, -0.2) is 4.79 Å². The molecule has 0 aliphatic carbocycles. The standard InChI is InChI=1S/C22H29N3O3/c1-17-5-3-6-19(24-17)12-13-23-22(26)25(16-21-7-4-14-28-21)15-18-8-10-20(27-2)11-9-18/h3,5-6,8-11,21H,4,7,12-16H2,1-2H3,(H,23,26). The monoisotopic (exact) mass is 383 g/mol. The number of amides is 2. The third-order valence-electron chi connectivity index (χ3n) is 4.87. The second-order valence-electron chi connectivity index (χ2n) is 7.12. The van der Waals surface area contributed by atoms with E-state index >= 15 is 0 Å². The Kier molecular flexibility index (Phi) is 7.25. The van der Waals surface area contributed by atoms with Gasteiger partial charge in [-0.2, -0.15) is 0 Å². The quantitative estimate of drug-likeness (QED) is 0.759. The number of methoxy groups -OCH3 is 1. The molecule has 1 fully saturated rings. The highest BCUT2D eigenvalue weighted by atomic mass is 16.5. The minimum atomic E-state index is -0.0704. The lowest BCUT2D eigenvalue weighted by atomic mass is 10.2. The molecule has 2 heterocycles. The van der Waals surface area contributed by atoms with Crippen molar-refractivity contribution < 1.29 is 14.3 Å². The molecule has 1 aliphatic rings. The van der Waals surface area contributed by atoms with Crippen LogP contribution in [0.2, 0.25) is 0 Å². The first-order valence-corrected chi connectivity index (χ1v) is 9.84. The molecule has 28 heavy (non-hydrogen) atoms. The number of urea groups is 1. The van der Waals surface area contributed by atoms with Gasteiger partial charge in [0.15, 0.2) is 0 Å². The van der Waals surface area contributed by atoms with E-state index in [1.165, 1.54) is 0 Å². The topological polar surface area (TPSA) is 63.7 Å². The molecule has 1 N–H and O–H groups in total. The van der Waals surface area contributed by atoms with Crippen molar-refractivity contribution in [2.24, 2.45) is 0 Å². The van der Waals surface area contributed by atoms with Crippen LogP contribution in [0.25, 0.3) is 0 Å². The van der Waals surface area contributed by atoms with Gasteiger partial charge in [0, 0.05) is 44.0 Å². The van der Waals surface area contributed by atoms with Gasteiger partial charge < -0.3 is 19.7 Å². The summed E-state index contributed by atoms with van der Waals surface area (Å²) in [6.07, 6.45) is 2.88. The molecule has 150 valence electrons. The van der Waals surface area contributed by atoms with Crippen LogP contribution in [0.1, 0.15) is 29.8 Å². The van der Waals surface area contributed by atoms with E-state index in [2.05, 4.69) is 10.3 Å². The van der Waals surface area contributed by atoms with Crippen molar-refractivity contribution in [3.63, 3.8) is 0 Å². The van der Waals surface area contributed by atoms with Crippen molar-refractivity contribution in [1.29, 1.82) is 0 Å². The van der Waals surface area contributed by atoms with Gasteiger partial charge in [-0.05, 0) is 49.6 Å². The molecule has 1 aromatic heterocycles. The highest BCUT2D eigenvalue weighted by Crippen LogP contribution is 2.17. The Morgan fingerprint density at radius 3 is 2.79 bits per heavy atom. The molecule has 1 unspecified atom stereocenters. The van der Waals surface area contributed by atoms with E-state index in [-0.39, 0.29) is 12.1 Å². The maximum absolute atomic E-state index is 12.8. The van der Waals surface area contributed by atoms with E-state index in [1.54, 1.807) is 7.11 Å². The maximum Gasteiger partial charge on any atom is 0.317 e. The average molecular weight is 383 g/mol. The van der Waals surface area contributed by atoms with Gasteiger partial charge in [0.1, 0.15) is 5.75 Å². The summed E-state index contributed by atoms with van der Waals surface area (Å²) in [7, 11) is 1.65. The Balaban J connectivity index is 1.58. The number of hydrogen-bond donors (Lipinski definition) is 1. The third-order valence-corrected chi connectivity index (χ3v) is 4.87. The molecule has 1 aromatic carbocycles. The summed E-state index contributed by atoms with van der Waals surface area (Å²) in [6, 6.07) is 13.7. The zero-order valence-corrected chi connectivity index (χ0v) is 16.7. The van der Waals surface area contributed by atoms with Gasteiger partial charge in [0.05, 0.1) is 13.2 Å². The zero-order chi connectivity index (χ0) is 19.8. The number of pyridine rings is 1. The van der Waals surface area contributed by atoms with Crippen molar-refractivity contribution in [3.8, 4) is 5.75 Å². The Morgan fingerprint density at radius 1 is 1.29 bits per heavy atom. The summed E-state index contributed by atoms with van der Waals surface area (Å²) >= 11 is 0. The van der Waals surface area contributed by atoms with Crippen LogP contribution in [-0.2, 0) is 17.7 Å². The van der Waals surface area contributed by atoms with Gasteiger partial charge in [-0.15, -0.1) is 0 Å². The lowest BCUT2D eigenvalue weighted by Gasteiger charge is -2.26. The van der Waals surface area contributed by atoms with E-state index in [4.69, 9.17) is 9.47 Å². The van der Waals surface area contributed by atoms with Gasteiger partial charge in [-0.3, -0.25) is 4.98 Å². The summed E-state index contributed by atoms with van der Waals surface area (Å²) in [5.74, 6) is 0.810. The molecule has 3 rings (SSSR count). The van der Waals surface area contributed by atoms with Crippen molar-refractivity contribution in [2.45, 2.75) is 38.8 Å². The summed E-state index contributed by atoms with van der Waals surface area (Å²) in [6.45, 7) is 4.45. The molecule has 0 bridgehead atoms. The lowest BCUT2D eigenvalue weighted by Crippen LogP contribution is -2.43. The first-order chi connectivity index (χ1) is 13.6. The number of aromatic nitrogens is 1. The number of ether oxygens (including phenoxy) is 2. The molecular formula is C22H29N3O3. The Hall–Kier alpha value is -2.60. The molecule has 6 nitrogen and oxygen atoms in total. The maximum atomic E-state index is 12.8. The fourth-order valence-electron chi connectivity index (χ4n) is 3.35. The Bertz CT molecular complexity index is 758. The Morgan fingerprint density at radius 2 is 2.11 bits per heavy atom. The minimum Gasteiger partial charge on any atom is -0.497 e. The normalized spacial score (nSPS) is 16.0. The molecule has 6 heteroatoms. The van der Waals surface area contributed by atoms with Crippen LogP contribution >= 0.6 is 0 Å². The largest absolute Gasteiger partial charge is 0.497 e. The molecular weight excluding hydrogens is 354 g/mol. The van der Waals surface area contributed by atoms with Gasteiger partial charge >= 0.3 is 6.03 Å². The molecule has 1 atom stereocenters. The van der Waals surface area contributed by atoms with Crippen molar-refractivity contribution >= 4 is 6.03 Å². The highest BCUT2D eigenvalue weighted by molar-refractivity contribution is 5.74. The van der Waals surface area contributed by atoms with E-state index in [0.717, 1.165) is 42.1 Å². The molecule has 0 radical (unpaired) electrons. The summed E-state index contributed by atoms with van der Waals surface area (Å²) < 4.78 is 11.0. The van der Waals surface area contributed by atoms with Gasteiger partial charge in [0.2, 0.25) is 0 Å². The van der Waals surface area contributed by atoms with Crippen molar-refractivity contribution in [1.82, 2.24) is 15.2 Å². The molecule has 2 amide bonds. The number of aryl methyl sites for hydroxylation is 1. The van der Waals surface area contributed by atoms with E-state index in [0.29, 0.717) is 26.1 Å². The predicted octanol–water partition coefficient (Wildman–Crippen LogP) is 3.33. The third kappa shape index (κ3) is 5.96. The lowest BCUT2D eigenvalue weighted by molar-refractivity contribution is 0.0795. The molecule has 1 aliphatic heterocycles. The summed E-state index contributed by atoms with van der Waals surface area (Å²) in [4.78, 5) is 19.1. The van der Waals surface area contributed by atoms with Crippen LogP contribution in [-0.4, -0.2) is 48.8 Å². The number of hydrogen-bond acceptors (Lipinski definition) is 4. The fourth-order valence-corrected chi connectivity index (χ4v) is 3.35. The van der Waals surface area contributed by atoms with Gasteiger partial charge in [0.25, 0.3) is 0 Å². The average Bonchev–Trinajstić information content (AvgIpc) is 3.21. The van der Waals surface area contributed by atoms with Crippen LogP contribution in [0.3, 0.4) is 0 Å². The zero-order valence-electron chi connectivity index (χ0n) is 16.7. The molecule has 2 aromatic rings. The van der Waals surface area contributed by atoms with Crippen LogP contribution in [0, 0.1) is 6.92 Å². The number of carbonyl (C=O) groups is 1. The second-order valence-corrected chi connectivity index (χ2v) is 7.12. The second kappa shape index (κ2) is 10.1. The van der Waals surface area contributed by atoms with Crippen LogP contribution in [0.15, 0.2) is 42.5 Å². The number of nitrogens with zero attached hydrogens (tertiary/aromatic N) is 2. The van der Waals surface area contributed by atoms with E-state index < -0.39 is 0 Å². The Labute approximate surface area is 166 Å². The number of benzene rings is 1. The fraction of sp³-hybridized carbons (Fsp3) is 0.455. The van der Waals surface area contributed by atoms with E-state index in [1.807, 2.05) is 54.3 Å². The first-order valence-electron chi connectivity index (χ1n) is 9.84. The van der Waals surface area contributed by atoms with Crippen LogP contribution < -0.4 is 10.1 Å². The first kappa shape index (κ1) is 20.1. The van der Waals surface area contributed by atoms with E-state index in [9.17, 15) is 4.79 Å². The summed E-state index contributed by atoms with van der Waals surface area (Å²) in [5, 5.41) is 3.03. The highest BCUT2D eigenvalue weighted by Gasteiger charge is 2.22. The number of carbonyl (C=O) groups excluding carboxylic acids is 1.